The summed E-state index contributed by atoms with van der Waals surface area (Å²) >= 11 is 0. The molecule has 1 fully saturated rings. The van der Waals surface area contributed by atoms with Gasteiger partial charge >= 0.3 is 6.09 Å². The molecule has 1 saturated carbocycles. The Bertz CT molecular complexity index is 235. The molecular weight excluding hydrogens is 192 g/mol. The smallest absolute Gasteiger partial charge is 0.407 e. The van der Waals surface area contributed by atoms with E-state index in [4.69, 9.17) is 10.5 Å². The van der Waals surface area contributed by atoms with E-state index in [1.165, 1.54) is 0 Å². The molecule has 1 aliphatic carbocycles. The SMILES string of the molecule is C[C@H]1C[C@@H](N)C[C@@H]1NC(=O)OC(C)(C)C. The van der Waals surface area contributed by atoms with Crippen LogP contribution in [0.5, 0.6) is 0 Å². The second-order valence-electron chi connectivity index (χ2n) is 5.46. The summed E-state index contributed by atoms with van der Waals surface area (Å²) in [6.07, 6.45) is 1.48. The van der Waals surface area contributed by atoms with Crippen LogP contribution in [0.1, 0.15) is 40.5 Å². The minimum atomic E-state index is -0.436. The van der Waals surface area contributed by atoms with E-state index >= 15 is 0 Å². The van der Waals surface area contributed by atoms with Crippen LogP contribution in [0.4, 0.5) is 4.79 Å². The van der Waals surface area contributed by atoms with Crippen LogP contribution < -0.4 is 11.1 Å². The Hall–Kier alpha value is -0.770. The standard InChI is InChI=1S/C11H22N2O2/c1-7-5-8(12)6-9(7)13-10(14)15-11(2,3)4/h7-9H,5-6,12H2,1-4H3,(H,13,14)/t7-,8+,9-/m0/s1. The summed E-state index contributed by atoms with van der Waals surface area (Å²) in [6, 6.07) is 0.370. The van der Waals surface area contributed by atoms with Crippen LogP contribution in [0.25, 0.3) is 0 Å². The minimum Gasteiger partial charge on any atom is -0.444 e. The van der Waals surface area contributed by atoms with E-state index in [1.54, 1.807) is 0 Å². The molecule has 4 heteroatoms. The van der Waals surface area contributed by atoms with E-state index in [0.29, 0.717) is 5.92 Å². The Kier molecular flexibility index (Phi) is 3.60. The van der Waals surface area contributed by atoms with Crippen LogP contribution in [0.15, 0.2) is 0 Å². The van der Waals surface area contributed by atoms with Gasteiger partial charge in [-0.05, 0) is 39.5 Å². The molecule has 0 heterocycles. The number of carbonyl (C=O) groups excluding carboxylic acids is 1. The molecule has 0 aliphatic heterocycles. The van der Waals surface area contributed by atoms with Gasteiger partial charge in [0.25, 0.3) is 0 Å². The quantitative estimate of drug-likeness (QED) is 0.697. The van der Waals surface area contributed by atoms with Gasteiger partial charge in [-0.15, -0.1) is 0 Å². The summed E-state index contributed by atoms with van der Waals surface area (Å²) in [7, 11) is 0. The van der Waals surface area contributed by atoms with E-state index < -0.39 is 5.60 Å². The molecule has 88 valence electrons. The number of amides is 1. The minimum absolute atomic E-state index is 0.162. The first-order chi connectivity index (χ1) is 6.78. The number of alkyl carbamates (subject to hydrolysis) is 1. The Morgan fingerprint density at radius 1 is 1.40 bits per heavy atom. The van der Waals surface area contributed by atoms with Crippen LogP contribution in [-0.4, -0.2) is 23.8 Å². The summed E-state index contributed by atoms with van der Waals surface area (Å²) < 4.78 is 5.19. The fourth-order valence-corrected chi connectivity index (χ4v) is 1.96. The van der Waals surface area contributed by atoms with Crippen LogP contribution in [0, 0.1) is 5.92 Å². The van der Waals surface area contributed by atoms with Crippen molar-refractivity contribution < 1.29 is 9.53 Å². The van der Waals surface area contributed by atoms with Crippen molar-refractivity contribution in [2.75, 3.05) is 0 Å². The maximum Gasteiger partial charge on any atom is 0.407 e. The van der Waals surface area contributed by atoms with Gasteiger partial charge < -0.3 is 15.8 Å². The van der Waals surface area contributed by atoms with Gasteiger partial charge in [-0.1, -0.05) is 6.92 Å². The van der Waals surface area contributed by atoms with E-state index in [1.807, 2.05) is 20.8 Å². The molecule has 4 nitrogen and oxygen atoms in total. The van der Waals surface area contributed by atoms with Crippen LogP contribution in [0.3, 0.4) is 0 Å². The predicted octanol–water partition coefficient (Wildman–Crippen LogP) is 1.64. The van der Waals surface area contributed by atoms with Gasteiger partial charge in [0.1, 0.15) is 5.60 Å². The van der Waals surface area contributed by atoms with Crippen molar-refractivity contribution in [2.45, 2.75) is 58.2 Å². The Balaban J connectivity index is 2.39. The van der Waals surface area contributed by atoms with Gasteiger partial charge in [0.15, 0.2) is 0 Å². The van der Waals surface area contributed by atoms with E-state index in [2.05, 4.69) is 12.2 Å². The highest BCUT2D eigenvalue weighted by Crippen LogP contribution is 2.24. The maximum absolute atomic E-state index is 11.5. The highest BCUT2D eigenvalue weighted by atomic mass is 16.6. The molecule has 1 rings (SSSR count). The Morgan fingerprint density at radius 2 is 2.00 bits per heavy atom. The van der Waals surface area contributed by atoms with Gasteiger partial charge in [0.2, 0.25) is 0 Å². The number of carbonyl (C=O) groups is 1. The normalized spacial score (nSPS) is 31.4. The zero-order chi connectivity index (χ0) is 11.6. The van der Waals surface area contributed by atoms with Gasteiger partial charge in [0, 0.05) is 12.1 Å². The van der Waals surface area contributed by atoms with Crippen molar-refractivity contribution in [3.8, 4) is 0 Å². The Morgan fingerprint density at radius 3 is 2.40 bits per heavy atom. The second-order valence-corrected chi connectivity index (χ2v) is 5.46. The molecule has 15 heavy (non-hydrogen) atoms. The monoisotopic (exact) mass is 214 g/mol. The number of ether oxygens (including phenoxy) is 1. The third-order valence-corrected chi connectivity index (χ3v) is 2.62. The lowest BCUT2D eigenvalue weighted by Crippen LogP contribution is -2.40. The first-order valence-corrected chi connectivity index (χ1v) is 5.53. The topological polar surface area (TPSA) is 64.3 Å². The summed E-state index contributed by atoms with van der Waals surface area (Å²) in [5.41, 5.74) is 5.39. The van der Waals surface area contributed by atoms with Gasteiger partial charge in [-0.25, -0.2) is 4.79 Å². The lowest BCUT2D eigenvalue weighted by Gasteiger charge is -2.23. The summed E-state index contributed by atoms with van der Waals surface area (Å²) in [5.74, 6) is 0.438. The number of hydrogen-bond acceptors (Lipinski definition) is 3. The number of nitrogens with one attached hydrogen (secondary N) is 1. The van der Waals surface area contributed by atoms with Crippen molar-refractivity contribution in [1.29, 1.82) is 0 Å². The van der Waals surface area contributed by atoms with E-state index in [0.717, 1.165) is 12.8 Å². The maximum atomic E-state index is 11.5. The average Bonchev–Trinajstić information content (AvgIpc) is 2.25. The van der Waals surface area contributed by atoms with E-state index in [9.17, 15) is 4.79 Å². The molecule has 0 aromatic carbocycles. The highest BCUT2D eigenvalue weighted by Gasteiger charge is 2.31. The highest BCUT2D eigenvalue weighted by molar-refractivity contribution is 5.68. The molecule has 0 saturated heterocycles. The van der Waals surface area contributed by atoms with E-state index in [-0.39, 0.29) is 18.2 Å². The lowest BCUT2D eigenvalue weighted by atomic mass is 10.1. The molecule has 0 spiro atoms. The first kappa shape index (κ1) is 12.3. The molecule has 0 radical (unpaired) electrons. The van der Waals surface area contributed by atoms with Crippen molar-refractivity contribution in [1.82, 2.24) is 5.32 Å². The summed E-state index contributed by atoms with van der Waals surface area (Å²) in [5, 5.41) is 2.87. The average molecular weight is 214 g/mol. The predicted molar refractivity (Wildman–Crippen MR) is 59.5 cm³/mol. The fourth-order valence-electron chi connectivity index (χ4n) is 1.96. The van der Waals surface area contributed by atoms with Gasteiger partial charge in [-0.3, -0.25) is 0 Å². The summed E-state index contributed by atoms with van der Waals surface area (Å²) in [6.45, 7) is 7.68. The van der Waals surface area contributed by atoms with Crippen LogP contribution >= 0.6 is 0 Å². The van der Waals surface area contributed by atoms with Crippen molar-refractivity contribution >= 4 is 6.09 Å². The molecule has 0 aromatic heterocycles. The molecular formula is C11H22N2O2. The van der Waals surface area contributed by atoms with Gasteiger partial charge in [-0.2, -0.15) is 0 Å². The first-order valence-electron chi connectivity index (χ1n) is 5.53. The van der Waals surface area contributed by atoms with Crippen molar-refractivity contribution in [2.24, 2.45) is 11.7 Å². The van der Waals surface area contributed by atoms with Gasteiger partial charge in [0.05, 0.1) is 0 Å². The fraction of sp³-hybridized carbons (Fsp3) is 0.909. The van der Waals surface area contributed by atoms with Crippen LogP contribution in [-0.2, 0) is 4.74 Å². The number of rotatable bonds is 1. The summed E-state index contributed by atoms with van der Waals surface area (Å²) in [4.78, 5) is 11.5. The molecule has 0 unspecified atom stereocenters. The largest absolute Gasteiger partial charge is 0.444 e. The number of nitrogens with two attached hydrogens (primary N) is 1. The molecule has 1 amide bonds. The zero-order valence-electron chi connectivity index (χ0n) is 10.0. The molecule has 3 atom stereocenters. The molecule has 0 bridgehead atoms. The van der Waals surface area contributed by atoms with Crippen molar-refractivity contribution in [3.05, 3.63) is 0 Å². The number of hydrogen-bond donors (Lipinski definition) is 2. The third kappa shape index (κ3) is 4.08. The second kappa shape index (κ2) is 4.39. The zero-order valence-corrected chi connectivity index (χ0v) is 10.0. The van der Waals surface area contributed by atoms with Crippen molar-refractivity contribution in [3.63, 3.8) is 0 Å². The molecule has 1 aliphatic rings. The van der Waals surface area contributed by atoms with Crippen LogP contribution in [0.2, 0.25) is 0 Å². The molecule has 3 N–H and O–H groups in total. The third-order valence-electron chi connectivity index (χ3n) is 2.62. The lowest BCUT2D eigenvalue weighted by molar-refractivity contribution is 0.0495. The Labute approximate surface area is 91.5 Å². The molecule has 0 aromatic rings.